The minimum Gasteiger partial charge on any atom is -0.468 e. The van der Waals surface area contributed by atoms with E-state index in [1.165, 1.54) is 11.1 Å². The molecule has 0 bridgehead atoms. The molecule has 1 atom stereocenters. The number of aryl methyl sites for hydroxylation is 2. The Hall–Kier alpha value is -2.07. The lowest BCUT2D eigenvalue weighted by molar-refractivity contribution is -0.121. The van der Waals surface area contributed by atoms with Gasteiger partial charge >= 0.3 is 0 Å². The zero-order chi connectivity index (χ0) is 15.9. The molecule has 0 radical (unpaired) electrons. The molecule has 0 saturated carbocycles. The van der Waals surface area contributed by atoms with Gasteiger partial charge in [0.2, 0.25) is 5.91 Å². The Kier molecular flexibility index (Phi) is 5.78. The summed E-state index contributed by atoms with van der Waals surface area (Å²) in [6.07, 6.45) is 2.92. The minimum absolute atomic E-state index is 0.0536. The summed E-state index contributed by atoms with van der Waals surface area (Å²) < 4.78 is 5.44. The fourth-order valence-corrected chi connectivity index (χ4v) is 2.44. The third-order valence-electron chi connectivity index (χ3n) is 3.71. The topological polar surface area (TPSA) is 45.5 Å². The fourth-order valence-electron chi connectivity index (χ4n) is 2.44. The van der Waals surface area contributed by atoms with Crippen LogP contribution in [0.4, 0.5) is 0 Å². The van der Waals surface area contributed by atoms with E-state index < -0.39 is 0 Å². The monoisotopic (exact) mass is 300 g/mol. The Labute approximate surface area is 132 Å². The number of rotatable bonds is 7. The second-order valence-corrected chi connectivity index (χ2v) is 5.79. The Morgan fingerprint density at radius 2 is 2.09 bits per heavy atom. The number of nitrogens with zero attached hydrogens (tertiary/aromatic N) is 1. The molecule has 1 N–H and O–H groups in total. The first-order chi connectivity index (χ1) is 10.6. The van der Waals surface area contributed by atoms with Crippen molar-refractivity contribution in [2.45, 2.75) is 25.8 Å². The molecule has 4 nitrogen and oxygen atoms in total. The summed E-state index contributed by atoms with van der Waals surface area (Å²) in [5, 5.41) is 3.00. The average Bonchev–Trinajstić information content (AvgIpc) is 2.99. The molecular formula is C18H24N2O2. The first-order valence-corrected chi connectivity index (χ1v) is 7.58. The van der Waals surface area contributed by atoms with Crippen molar-refractivity contribution in [3.8, 4) is 0 Å². The molecule has 1 amide bonds. The van der Waals surface area contributed by atoms with Crippen molar-refractivity contribution >= 4 is 5.91 Å². The Bertz CT molecular complexity index is 591. The van der Waals surface area contributed by atoms with Gasteiger partial charge in [0, 0.05) is 13.0 Å². The predicted molar refractivity (Wildman–Crippen MR) is 87.6 cm³/mol. The maximum Gasteiger partial charge on any atom is 0.220 e. The van der Waals surface area contributed by atoms with Crippen LogP contribution in [0.15, 0.2) is 47.1 Å². The van der Waals surface area contributed by atoms with Gasteiger partial charge in [-0.2, -0.15) is 0 Å². The van der Waals surface area contributed by atoms with Gasteiger partial charge in [0.05, 0.1) is 12.3 Å². The van der Waals surface area contributed by atoms with Crippen LogP contribution in [-0.2, 0) is 11.2 Å². The van der Waals surface area contributed by atoms with Crippen molar-refractivity contribution in [2.75, 3.05) is 20.6 Å². The smallest absolute Gasteiger partial charge is 0.220 e. The van der Waals surface area contributed by atoms with Gasteiger partial charge in [-0.15, -0.1) is 0 Å². The van der Waals surface area contributed by atoms with E-state index in [1.807, 2.05) is 37.2 Å². The lowest BCUT2D eigenvalue weighted by Crippen LogP contribution is -2.34. The molecule has 0 aliphatic carbocycles. The molecule has 1 heterocycles. The summed E-state index contributed by atoms with van der Waals surface area (Å²) in [6, 6.07) is 12.1. The van der Waals surface area contributed by atoms with Crippen LogP contribution in [0.1, 0.15) is 29.3 Å². The molecule has 4 heteroatoms. The van der Waals surface area contributed by atoms with Crippen molar-refractivity contribution in [2.24, 2.45) is 0 Å². The van der Waals surface area contributed by atoms with Gasteiger partial charge in [-0.1, -0.05) is 29.8 Å². The SMILES string of the molecule is Cc1cccc(CCC(=O)NCC(c2ccco2)N(C)C)c1. The number of hydrogen-bond donors (Lipinski definition) is 1. The van der Waals surface area contributed by atoms with E-state index in [2.05, 4.69) is 30.4 Å². The summed E-state index contributed by atoms with van der Waals surface area (Å²) in [5.41, 5.74) is 2.42. The van der Waals surface area contributed by atoms with Gasteiger partial charge < -0.3 is 9.73 Å². The van der Waals surface area contributed by atoms with Crippen molar-refractivity contribution < 1.29 is 9.21 Å². The predicted octanol–water partition coefficient (Wildman–Crippen LogP) is 2.94. The average molecular weight is 300 g/mol. The zero-order valence-corrected chi connectivity index (χ0v) is 13.5. The highest BCUT2D eigenvalue weighted by Crippen LogP contribution is 2.17. The van der Waals surface area contributed by atoms with Gasteiger partial charge in [0.1, 0.15) is 5.76 Å². The van der Waals surface area contributed by atoms with Crippen LogP contribution in [0, 0.1) is 6.92 Å². The molecule has 0 spiro atoms. The van der Waals surface area contributed by atoms with Gasteiger partial charge in [0.25, 0.3) is 0 Å². The summed E-state index contributed by atoms with van der Waals surface area (Å²) in [5.74, 6) is 0.934. The lowest BCUT2D eigenvalue weighted by Gasteiger charge is -2.22. The van der Waals surface area contributed by atoms with Gasteiger partial charge in [-0.25, -0.2) is 0 Å². The number of hydrogen-bond acceptors (Lipinski definition) is 3. The van der Waals surface area contributed by atoms with Gasteiger partial charge in [-0.3, -0.25) is 9.69 Å². The Balaban J connectivity index is 1.81. The van der Waals surface area contributed by atoms with E-state index in [4.69, 9.17) is 4.42 Å². The Morgan fingerprint density at radius 1 is 1.27 bits per heavy atom. The standard InChI is InChI=1S/C18H24N2O2/c1-14-6-4-7-15(12-14)9-10-18(21)19-13-16(20(2)3)17-8-5-11-22-17/h4-8,11-12,16H,9-10,13H2,1-3H3,(H,19,21). The zero-order valence-electron chi connectivity index (χ0n) is 13.5. The number of amides is 1. The molecule has 2 aromatic rings. The molecular weight excluding hydrogens is 276 g/mol. The number of likely N-dealkylation sites (N-methyl/N-ethyl adjacent to an activating group) is 1. The van der Waals surface area contributed by atoms with Crippen molar-refractivity contribution in [3.05, 3.63) is 59.5 Å². The minimum atomic E-state index is 0.0536. The van der Waals surface area contributed by atoms with E-state index in [-0.39, 0.29) is 11.9 Å². The molecule has 1 unspecified atom stereocenters. The molecule has 0 fully saturated rings. The van der Waals surface area contributed by atoms with Crippen molar-refractivity contribution in [1.82, 2.24) is 10.2 Å². The van der Waals surface area contributed by atoms with Crippen LogP contribution < -0.4 is 5.32 Å². The van der Waals surface area contributed by atoms with E-state index in [1.54, 1.807) is 6.26 Å². The largest absolute Gasteiger partial charge is 0.468 e. The molecule has 1 aromatic carbocycles. The van der Waals surface area contributed by atoms with Crippen LogP contribution in [0.5, 0.6) is 0 Å². The maximum absolute atomic E-state index is 12.0. The van der Waals surface area contributed by atoms with Gasteiger partial charge in [-0.05, 0) is 45.1 Å². The summed E-state index contributed by atoms with van der Waals surface area (Å²) in [6.45, 7) is 2.61. The number of furan rings is 1. The number of carbonyl (C=O) groups is 1. The third-order valence-corrected chi connectivity index (χ3v) is 3.71. The highest BCUT2D eigenvalue weighted by Gasteiger charge is 2.17. The molecule has 1 aromatic heterocycles. The summed E-state index contributed by atoms with van der Waals surface area (Å²) in [7, 11) is 3.96. The molecule has 0 aliphatic heterocycles. The number of nitrogens with one attached hydrogen (secondary N) is 1. The number of benzene rings is 1. The normalized spacial score (nSPS) is 12.4. The van der Waals surface area contributed by atoms with Crippen LogP contribution in [-0.4, -0.2) is 31.4 Å². The van der Waals surface area contributed by atoms with Crippen LogP contribution in [0.25, 0.3) is 0 Å². The maximum atomic E-state index is 12.0. The fraction of sp³-hybridized carbons (Fsp3) is 0.389. The molecule has 118 valence electrons. The first kappa shape index (κ1) is 16.3. The quantitative estimate of drug-likeness (QED) is 0.855. The second-order valence-electron chi connectivity index (χ2n) is 5.79. The summed E-state index contributed by atoms with van der Waals surface area (Å²) in [4.78, 5) is 14.1. The molecule has 22 heavy (non-hydrogen) atoms. The molecule has 2 rings (SSSR count). The Morgan fingerprint density at radius 3 is 2.73 bits per heavy atom. The van der Waals surface area contributed by atoms with Gasteiger partial charge in [0.15, 0.2) is 0 Å². The van der Waals surface area contributed by atoms with Crippen LogP contribution in [0.2, 0.25) is 0 Å². The lowest BCUT2D eigenvalue weighted by atomic mass is 10.1. The number of carbonyl (C=O) groups excluding carboxylic acids is 1. The van der Waals surface area contributed by atoms with E-state index in [0.29, 0.717) is 13.0 Å². The van der Waals surface area contributed by atoms with Crippen LogP contribution >= 0.6 is 0 Å². The summed E-state index contributed by atoms with van der Waals surface area (Å²) >= 11 is 0. The molecule has 0 aliphatic rings. The van der Waals surface area contributed by atoms with Crippen molar-refractivity contribution in [3.63, 3.8) is 0 Å². The van der Waals surface area contributed by atoms with E-state index in [0.717, 1.165) is 12.2 Å². The second kappa shape index (κ2) is 7.80. The highest BCUT2D eigenvalue weighted by atomic mass is 16.3. The first-order valence-electron chi connectivity index (χ1n) is 7.58. The van der Waals surface area contributed by atoms with E-state index >= 15 is 0 Å². The van der Waals surface area contributed by atoms with E-state index in [9.17, 15) is 4.79 Å². The third kappa shape index (κ3) is 4.74. The van der Waals surface area contributed by atoms with Crippen molar-refractivity contribution in [1.29, 1.82) is 0 Å². The van der Waals surface area contributed by atoms with Crippen LogP contribution in [0.3, 0.4) is 0 Å². The highest BCUT2D eigenvalue weighted by molar-refractivity contribution is 5.76. The molecule has 0 saturated heterocycles.